The first-order valence-corrected chi connectivity index (χ1v) is 7.83. The van der Waals surface area contributed by atoms with Gasteiger partial charge in [-0.05, 0) is 30.5 Å². The molecule has 0 heterocycles. The highest BCUT2D eigenvalue weighted by Gasteiger charge is 2.34. The summed E-state index contributed by atoms with van der Waals surface area (Å²) in [6.45, 7) is 2.94. The highest BCUT2D eigenvalue weighted by molar-refractivity contribution is 7.89. The van der Waals surface area contributed by atoms with E-state index in [-0.39, 0.29) is 28.8 Å². The molecule has 20 heavy (non-hydrogen) atoms. The van der Waals surface area contributed by atoms with Gasteiger partial charge in [0.2, 0.25) is 10.0 Å². The normalized spacial score (nSPS) is 14.3. The number of hydrogen-bond donors (Lipinski definition) is 1. The lowest BCUT2D eigenvalue weighted by molar-refractivity contribution is -0.138. The van der Waals surface area contributed by atoms with Crippen LogP contribution in [0.1, 0.15) is 18.1 Å². The molecule has 0 aliphatic rings. The molecule has 1 atom stereocenters. The van der Waals surface area contributed by atoms with E-state index in [1.807, 2.05) is 0 Å². The molecule has 0 saturated heterocycles. The second-order valence-electron chi connectivity index (χ2n) is 4.54. The van der Waals surface area contributed by atoms with Crippen molar-refractivity contribution in [1.82, 2.24) is 4.72 Å². The van der Waals surface area contributed by atoms with Crippen LogP contribution in [0.2, 0.25) is 0 Å². The summed E-state index contributed by atoms with van der Waals surface area (Å²) in [5, 5.41) is 0. The molecule has 1 rings (SSSR count). The zero-order valence-electron chi connectivity index (χ0n) is 11.0. The number of benzene rings is 1. The molecule has 1 unspecified atom stereocenters. The van der Waals surface area contributed by atoms with Crippen LogP contribution in [0.4, 0.5) is 13.2 Å². The average molecular weight is 330 g/mol. The number of nitrogens with one attached hydrogen (secondary N) is 1. The molecule has 1 N–H and O–H groups in total. The molecule has 114 valence electrons. The van der Waals surface area contributed by atoms with E-state index in [0.29, 0.717) is 0 Å². The van der Waals surface area contributed by atoms with Crippen molar-refractivity contribution in [3.63, 3.8) is 0 Å². The number of hydrogen-bond acceptors (Lipinski definition) is 2. The third kappa shape index (κ3) is 4.10. The van der Waals surface area contributed by atoms with Crippen LogP contribution in [0.3, 0.4) is 0 Å². The van der Waals surface area contributed by atoms with Gasteiger partial charge in [0, 0.05) is 12.4 Å². The summed E-state index contributed by atoms with van der Waals surface area (Å²) >= 11 is 5.56. The number of halogens is 4. The lowest BCUT2D eigenvalue weighted by atomic mass is 10.1. The van der Waals surface area contributed by atoms with Crippen LogP contribution >= 0.6 is 11.6 Å². The summed E-state index contributed by atoms with van der Waals surface area (Å²) in [5.41, 5.74) is -1.27. The Morgan fingerprint density at radius 3 is 2.45 bits per heavy atom. The molecule has 0 radical (unpaired) electrons. The molecular weight excluding hydrogens is 315 g/mol. The SMILES string of the molecule is Cc1c(C(F)(F)F)cccc1S(=O)(=O)NCC(C)CCl. The average Bonchev–Trinajstić information content (AvgIpc) is 2.34. The molecule has 0 saturated carbocycles. The summed E-state index contributed by atoms with van der Waals surface area (Å²) < 4.78 is 64.6. The van der Waals surface area contributed by atoms with Crippen molar-refractivity contribution in [2.45, 2.75) is 24.9 Å². The summed E-state index contributed by atoms with van der Waals surface area (Å²) in [7, 11) is -3.99. The highest BCUT2D eigenvalue weighted by atomic mass is 35.5. The maximum absolute atomic E-state index is 12.8. The van der Waals surface area contributed by atoms with Gasteiger partial charge in [0.1, 0.15) is 0 Å². The molecule has 8 heteroatoms. The van der Waals surface area contributed by atoms with Crippen LogP contribution in [-0.2, 0) is 16.2 Å². The van der Waals surface area contributed by atoms with E-state index in [0.717, 1.165) is 25.1 Å². The van der Waals surface area contributed by atoms with Crippen molar-refractivity contribution in [2.75, 3.05) is 12.4 Å². The van der Waals surface area contributed by atoms with Gasteiger partial charge in [0.15, 0.2) is 0 Å². The second-order valence-corrected chi connectivity index (χ2v) is 6.58. The second kappa shape index (κ2) is 6.32. The summed E-state index contributed by atoms with van der Waals surface area (Å²) in [5.74, 6) is 0.141. The Morgan fingerprint density at radius 1 is 1.35 bits per heavy atom. The summed E-state index contributed by atoms with van der Waals surface area (Å²) in [6, 6.07) is 3.09. The van der Waals surface area contributed by atoms with Crippen molar-refractivity contribution in [1.29, 1.82) is 0 Å². The van der Waals surface area contributed by atoms with Gasteiger partial charge in [-0.25, -0.2) is 13.1 Å². The Labute approximate surface area is 121 Å². The molecule has 0 bridgehead atoms. The number of sulfonamides is 1. The van der Waals surface area contributed by atoms with Crippen LogP contribution < -0.4 is 4.72 Å². The zero-order chi connectivity index (χ0) is 15.6. The lowest BCUT2D eigenvalue weighted by Gasteiger charge is -2.15. The van der Waals surface area contributed by atoms with E-state index in [2.05, 4.69) is 4.72 Å². The first kappa shape index (κ1) is 17.3. The first-order valence-electron chi connectivity index (χ1n) is 5.82. The van der Waals surface area contributed by atoms with Gasteiger partial charge in [-0.2, -0.15) is 13.2 Å². The van der Waals surface area contributed by atoms with E-state index in [4.69, 9.17) is 11.6 Å². The summed E-state index contributed by atoms with van der Waals surface area (Å²) in [4.78, 5) is -0.367. The van der Waals surface area contributed by atoms with Crippen LogP contribution in [0.5, 0.6) is 0 Å². The predicted molar refractivity (Wildman–Crippen MR) is 71.3 cm³/mol. The van der Waals surface area contributed by atoms with E-state index >= 15 is 0 Å². The topological polar surface area (TPSA) is 46.2 Å². The third-order valence-corrected chi connectivity index (χ3v) is 4.86. The van der Waals surface area contributed by atoms with Crippen LogP contribution in [-0.4, -0.2) is 20.8 Å². The van der Waals surface area contributed by atoms with E-state index in [1.165, 1.54) is 0 Å². The van der Waals surface area contributed by atoms with Crippen molar-refractivity contribution in [3.05, 3.63) is 29.3 Å². The Kier molecular flexibility index (Phi) is 5.46. The molecular formula is C12H15ClF3NO2S. The number of alkyl halides is 4. The minimum atomic E-state index is -4.58. The molecule has 1 aromatic rings. The Hall–Kier alpha value is -0.790. The largest absolute Gasteiger partial charge is 0.416 e. The molecule has 3 nitrogen and oxygen atoms in total. The van der Waals surface area contributed by atoms with Crippen molar-refractivity contribution < 1.29 is 21.6 Å². The quantitative estimate of drug-likeness (QED) is 0.843. The monoisotopic (exact) mass is 329 g/mol. The molecule has 0 fully saturated rings. The van der Waals surface area contributed by atoms with E-state index in [9.17, 15) is 21.6 Å². The van der Waals surface area contributed by atoms with Gasteiger partial charge in [0.25, 0.3) is 0 Å². The minimum absolute atomic E-state index is 0.0710. The van der Waals surface area contributed by atoms with Crippen LogP contribution in [0, 0.1) is 12.8 Å². The highest BCUT2D eigenvalue weighted by Crippen LogP contribution is 2.34. The standard InChI is InChI=1S/C12H15ClF3NO2S/c1-8(6-13)7-17-20(18,19)11-5-3-4-10(9(11)2)12(14,15)16/h3-5,8,17H,6-7H2,1-2H3. The first-order chi connectivity index (χ1) is 9.09. The van der Waals surface area contributed by atoms with Gasteiger partial charge in [-0.1, -0.05) is 13.0 Å². The van der Waals surface area contributed by atoms with Gasteiger partial charge in [-0.3, -0.25) is 0 Å². The van der Waals surface area contributed by atoms with Gasteiger partial charge >= 0.3 is 6.18 Å². The molecule has 0 spiro atoms. The van der Waals surface area contributed by atoms with E-state index in [1.54, 1.807) is 6.92 Å². The lowest BCUT2D eigenvalue weighted by Crippen LogP contribution is -2.30. The maximum atomic E-state index is 12.8. The predicted octanol–water partition coefficient (Wildman–Crippen LogP) is 3.17. The Bertz CT molecular complexity index is 573. The van der Waals surface area contributed by atoms with Gasteiger partial charge < -0.3 is 0 Å². The van der Waals surface area contributed by atoms with Gasteiger partial charge in [0.05, 0.1) is 10.5 Å². The summed E-state index contributed by atoms with van der Waals surface area (Å²) in [6.07, 6.45) is -4.58. The molecule has 1 aromatic carbocycles. The van der Waals surface area contributed by atoms with Crippen molar-refractivity contribution in [3.8, 4) is 0 Å². The number of rotatable bonds is 5. The molecule has 0 aromatic heterocycles. The Balaban J connectivity index is 3.14. The maximum Gasteiger partial charge on any atom is 0.416 e. The fourth-order valence-corrected chi connectivity index (χ4v) is 3.14. The molecule has 0 amide bonds. The van der Waals surface area contributed by atoms with Crippen molar-refractivity contribution in [2.24, 2.45) is 5.92 Å². The smallest absolute Gasteiger partial charge is 0.211 e. The van der Waals surface area contributed by atoms with E-state index < -0.39 is 21.8 Å². The Morgan fingerprint density at radius 2 is 1.95 bits per heavy atom. The fraction of sp³-hybridized carbons (Fsp3) is 0.500. The van der Waals surface area contributed by atoms with Gasteiger partial charge in [-0.15, -0.1) is 11.6 Å². The zero-order valence-corrected chi connectivity index (χ0v) is 12.5. The molecule has 0 aliphatic heterocycles. The fourth-order valence-electron chi connectivity index (χ4n) is 1.60. The third-order valence-electron chi connectivity index (χ3n) is 2.76. The van der Waals surface area contributed by atoms with Crippen molar-refractivity contribution >= 4 is 21.6 Å². The van der Waals surface area contributed by atoms with Crippen LogP contribution in [0.25, 0.3) is 0 Å². The van der Waals surface area contributed by atoms with Crippen LogP contribution in [0.15, 0.2) is 23.1 Å². The molecule has 0 aliphatic carbocycles. The minimum Gasteiger partial charge on any atom is -0.211 e.